The van der Waals surface area contributed by atoms with Crippen molar-refractivity contribution in [1.82, 2.24) is 10.2 Å². The Labute approximate surface area is 132 Å². The Morgan fingerprint density at radius 2 is 2.10 bits per heavy atom. The van der Waals surface area contributed by atoms with Crippen molar-refractivity contribution in [1.29, 1.82) is 0 Å². The number of amides is 2. The Kier molecular flexibility index (Phi) is 5.14. The maximum absolute atomic E-state index is 12.1. The van der Waals surface area contributed by atoms with Gasteiger partial charge in [0.15, 0.2) is 0 Å². The van der Waals surface area contributed by atoms with Crippen LogP contribution in [0.3, 0.4) is 0 Å². The minimum absolute atomic E-state index is 0.0124. The number of hydrogen-bond donors (Lipinski definition) is 1. The molecule has 21 heavy (non-hydrogen) atoms. The SMILES string of the molecule is Cc1ccc(C(=O)NCC(=O)N(C)C(C)c2cccs2)s1. The summed E-state index contributed by atoms with van der Waals surface area (Å²) >= 11 is 3.05. The fourth-order valence-electron chi connectivity index (χ4n) is 1.86. The number of carbonyl (C=O) groups is 2. The fourth-order valence-corrected chi connectivity index (χ4v) is 3.47. The molecule has 0 fully saturated rings. The molecule has 2 aromatic heterocycles. The molecule has 0 saturated carbocycles. The number of thiophene rings is 2. The van der Waals surface area contributed by atoms with Crippen LogP contribution in [-0.2, 0) is 4.79 Å². The summed E-state index contributed by atoms with van der Waals surface area (Å²) in [5, 5.41) is 4.67. The number of likely N-dealkylation sites (N-methyl/N-ethyl adjacent to an activating group) is 1. The number of hydrogen-bond acceptors (Lipinski definition) is 4. The Morgan fingerprint density at radius 1 is 1.33 bits per heavy atom. The summed E-state index contributed by atoms with van der Waals surface area (Å²) in [6.07, 6.45) is 0. The van der Waals surface area contributed by atoms with Gasteiger partial charge >= 0.3 is 0 Å². The minimum atomic E-state index is -0.196. The third-order valence-corrected chi connectivity index (χ3v) is 5.34. The fraction of sp³-hybridized carbons (Fsp3) is 0.333. The maximum atomic E-state index is 12.1. The summed E-state index contributed by atoms with van der Waals surface area (Å²) in [5.74, 6) is -0.295. The molecular formula is C15H18N2O2S2. The second-order valence-electron chi connectivity index (χ2n) is 4.79. The molecule has 2 aromatic rings. The first kappa shape index (κ1) is 15.7. The molecule has 4 nitrogen and oxygen atoms in total. The second kappa shape index (κ2) is 6.87. The lowest BCUT2D eigenvalue weighted by Gasteiger charge is -2.24. The molecule has 112 valence electrons. The van der Waals surface area contributed by atoms with E-state index in [1.165, 1.54) is 11.3 Å². The van der Waals surface area contributed by atoms with Gasteiger partial charge in [-0.15, -0.1) is 22.7 Å². The van der Waals surface area contributed by atoms with Crippen molar-refractivity contribution in [3.63, 3.8) is 0 Å². The Morgan fingerprint density at radius 3 is 2.67 bits per heavy atom. The standard InChI is InChI=1S/C15H18N2O2S2/c1-10-6-7-13(21-10)15(19)16-9-14(18)17(3)11(2)12-5-4-8-20-12/h4-8,11H,9H2,1-3H3,(H,16,19). The minimum Gasteiger partial charge on any atom is -0.342 e. The van der Waals surface area contributed by atoms with E-state index >= 15 is 0 Å². The Balaban J connectivity index is 1.88. The number of carbonyl (C=O) groups excluding carboxylic acids is 2. The molecular weight excluding hydrogens is 304 g/mol. The summed E-state index contributed by atoms with van der Waals surface area (Å²) in [7, 11) is 1.76. The largest absolute Gasteiger partial charge is 0.342 e. The summed E-state index contributed by atoms with van der Waals surface area (Å²) in [6, 6.07) is 7.66. The van der Waals surface area contributed by atoms with E-state index in [4.69, 9.17) is 0 Å². The first-order valence-electron chi connectivity index (χ1n) is 6.62. The first-order valence-corrected chi connectivity index (χ1v) is 8.32. The van der Waals surface area contributed by atoms with Gasteiger partial charge in [0.25, 0.3) is 5.91 Å². The van der Waals surface area contributed by atoms with Crippen LogP contribution in [0.15, 0.2) is 29.6 Å². The van der Waals surface area contributed by atoms with E-state index < -0.39 is 0 Å². The van der Waals surface area contributed by atoms with Crippen molar-refractivity contribution in [3.8, 4) is 0 Å². The third-order valence-electron chi connectivity index (χ3n) is 3.29. The normalized spacial score (nSPS) is 12.0. The molecule has 2 heterocycles. The Bertz CT molecular complexity index is 619. The van der Waals surface area contributed by atoms with E-state index in [0.717, 1.165) is 9.75 Å². The van der Waals surface area contributed by atoms with Crippen molar-refractivity contribution in [2.75, 3.05) is 13.6 Å². The van der Waals surface area contributed by atoms with Crippen LogP contribution in [-0.4, -0.2) is 30.3 Å². The zero-order valence-corrected chi connectivity index (χ0v) is 13.9. The van der Waals surface area contributed by atoms with E-state index in [0.29, 0.717) is 4.88 Å². The third kappa shape index (κ3) is 3.92. The van der Waals surface area contributed by atoms with Crippen LogP contribution in [0.4, 0.5) is 0 Å². The van der Waals surface area contributed by atoms with E-state index in [1.807, 2.05) is 37.4 Å². The molecule has 2 amide bonds. The molecule has 0 bridgehead atoms. The van der Waals surface area contributed by atoms with E-state index in [1.54, 1.807) is 29.4 Å². The molecule has 0 aliphatic rings. The molecule has 1 atom stereocenters. The summed E-state index contributed by atoms with van der Waals surface area (Å²) in [4.78, 5) is 28.6. The molecule has 0 saturated heterocycles. The van der Waals surface area contributed by atoms with Crippen molar-refractivity contribution in [2.24, 2.45) is 0 Å². The molecule has 0 aromatic carbocycles. The molecule has 6 heteroatoms. The van der Waals surface area contributed by atoms with Crippen LogP contribution < -0.4 is 5.32 Å². The van der Waals surface area contributed by atoms with Crippen LogP contribution in [0, 0.1) is 6.92 Å². The van der Waals surface area contributed by atoms with Crippen LogP contribution in [0.2, 0.25) is 0 Å². The first-order chi connectivity index (χ1) is 9.99. The highest BCUT2D eigenvalue weighted by atomic mass is 32.1. The highest BCUT2D eigenvalue weighted by molar-refractivity contribution is 7.13. The van der Waals surface area contributed by atoms with Gasteiger partial charge in [0.2, 0.25) is 5.91 Å². The van der Waals surface area contributed by atoms with E-state index in [9.17, 15) is 9.59 Å². The van der Waals surface area contributed by atoms with Gasteiger partial charge in [-0.2, -0.15) is 0 Å². The lowest BCUT2D eigenvalue weighted by atomic mass is 10.2. The number of nitrogens with one attached hydrogen (secondary N) is 1. The molecule has 0 aliphatic carbocycles. The van der Waals surface area contributed by atoms with Crippen molar-refractivity contribution in [3.05, 3.63) is 44.3 Å². The topological polar surface area (TPSA) is 49.4 Å². The lowest BCUT2D eigenvalue weighted by molar-refractivity contribution is -0.130. The number of rotatable bonds is 5. The van der Waals surface area contributed by atoms with Crippen LogP contribution >= 0.6 is 22.7 Å². The van der Waals surface area contributed by atoms with Crippen LogP contribution in [0.1, 0.15) is 32.4 Å². The molecule has 2 rings (SSSR count). The van der Waals surface area contributed by atoms with Gasteiger partial charge in [-0.1, -0.05) is 6.07 Å². The highest BCUT2D eigenvalue weighted by Crippen LogP contribution is 2.23. The van der Waals surface area contributed by atoms with Crippen molar-refractivity contribution < 1.29 is 9.59 Å². The number of nitrogens with zero attached hydrogens (tertiary/aromatic N) is 1. The van der Waals surface area contributed by atoms with Crippen LogP contribution in [0.5, 0.6) is 0 Å². The smallest absolute Gasteiger partial charge is 0.261 e. The monoisotopic (exact) mass is 322 g/mol. The Hall–Kier alpha value is -1.66. The van der Waals surface area contributed by atoms with Crippen molar-refractivity contribution in [2.45, 2.75) is 19.9 Å². The van der Waals surface area contributed by atoms with Gasteiger partial charge in [0.1, 0.15) is 0 Å². The molecule has 0 radical (unpaired) electrons. The summed E-state index contributed by atoms with van der Waals surface area (Å²) < 4.78 is 0. The molecule has 0 aliphatic heterocycles. The van der Waals surface area contributed by atoms with E-state index in [-0.39, 0.29) is 24.4 Å². The molecule has 1 N–H and O–H groups in total. The zero-order chi connectivity index (χ0) is 15.4. The average Bonchev–Trinajstić information content (AvgIpc) is 3.13. The molecule has 1 unspecified atom stereocenters. The van der Waals surface area contributed by atoms with Gasteiger partial charge < -0.3 is 10.2 Å². The predicted octanol–water partition coefficient (Wildman–Crippen LogP) is 3.07. The van der Waals surface area contributed by atoms with Crippen LogP contribution in [0.25, 0.3) is 0 Å². The van der Waals surface area contributed by atoms with Gasteiger partial charge in [-0.05, 0) is 37.4 Å². The van der Waals surface area contributed by atoms with E-state index in [2.05, 4.69) is 5.32 Å². The zero-order valence-electron chi connectivity index (χ0n) is 12.3. The van der Waals surface area contributed by atoms with Gasteiger partial charge in [0, 0.05) is 16.8 Å². The lowest BCUT2D eigenvalue weighted by Crippen LogP contribution is -2.38. The summed E-state index contributed by atoms with van der Waals surface area (Å²) in [6.45, 7) is 3.94. The second-order valence-corrected chi connectivity index (χ2v) is 7.06. The van der Waals surface area contributed by atoms with Gasteiger partial charge in [-0.25, -0.2) is 0 Å². The highest BCUT2D eigenvalue weighted by Gasteiger charge is 2.19. The molecule has 0 spiro atoms. The summed E-state index contributed by atoms with van der Waals surface area (Å²) in [5.41, 5.74) is 0. The maximum Gasteiger partial charge on any atom is 0.261 e. The number of aryl methyl sites for hydroxylation is 1. The quantitative estimate of drug-likeness (QED) is 0.920. The average molecular weight is 322 g/mol. The van der Waals surface area contributed by atoms with Crippen molar-refractivity contribution >= 4 is 34.5 Å². The van der Waals surface area contributed by atoms with Gasteiger partial charge in [0.05, 0.1) is 17.5 Å². The predicted molar refractivity (Wildman–Crippen MR) is 86.9 cm³/mol. The van der Waals surface area contributed by atoms with Gasteiger partial charge in [-0.3, -0.25) is 9.59 Å².